The van der Waals surface area contributed by atoms with E-state index >= 15 is 0 Å². The Morgan fingerprint density at radius 2 is 1.52 bits per heavy atom. The van der Waals surface area contributed by atoms with Crippen LogP contribution in [0.4, 0.5) is 0 Å². The third-order valence-corrected chi connectivity index (χ3v) is 4.53. The number of aryl methyl sites for hydroxylation is 1. The predicted octanol–water partition coefficient (Wildman–Crippen LogP) is 4.46. The molecule has 0 bridgehead atoms. The highest BCUT2D eigenvalue weighted by Gasteiger charge is 2.15. The van der Waals surface area contributed by atoms with Gasteiger partial charge in [-0.15, -0.1) is 0 Å². The van der Waals surface area contributed by atoms with Crippen LogP contribution in [-0.4, -0.2) is 38.8 Å². The maximum Gasteiger partial charge on any atom is 0.174 e. The summed E-state index contributed by atoms with van der Waals surface area (Å²) in [6.45, 7) is 1.97. The topological polar surface area (TPSA) is 51.0 Å². The molecule has 0 atom stereocenters. The lowest BCUT2D eigenvalue weighted by molar-refractivity contribution is 0.318. The number of aromatic nitrogens is 2. The Morgan fingerprint density at radius 3 is 2.17 bits per heavy atom. The molecule has 8 heteroatoms. The fourth-order valence-corrected chi connectivity index (χ4v) is 3.10. The number of benzene rings is 2. The van der Waals surface area contributed by atoms with Crippen molar-refractivity contribution >= 4 is 35.1 Å². The minimum absolute atomic E-state index is 0.460. The number of hydrogen-bond donors (Lipinski definition) is 1. The van der Waals surface area contributed by atoms with Crippen LogP contribution < -0.4 is 4.74 Å². The fraction of sp³-hybridized carbons (Fsp3) is 0.0952. The minimum Gasteiger partial charge on any atom is -0.516 e. The van der Waals surface area contributed by atoms with E-state index in [0.29, 0.717) is 28.1 Å². The summed E-state index contributed by atoms with van der Waals surface area (Å²) in [6, 6.07) is 18.4. The lowest BCUT2D eigenvalue weighted by atomic mass is 9.52. The van der Waals surface area contributed by atoms with Crippen molar-refractivity contribution < 1.29 is 9.15 Å². The van der Waals surface area contributed by atoms with Crippen molar-refractivity contribution in [3.05, 3.63) is 71.4 Å². The largest absolute Gasteiger partial charge is 0.516 e. The maximum atomic E-state index is 5.99. The van der Waals surface area contributed by atoms with Gasteiger partial charge in [0.1, 0.15) is 35.0 Å². The van der Waals surface area contributed by atoms with Gasteiger partial charge in [0, 0.05) is 21.8 Å². The zero-order chi connectivity index (χ0) is 20.6. The SMILES string of the molecule is [B]C([B])([B])Oc1ccc(-c2ccc(-c3nc(-c4ccc(Cl)cc4)c(C)[nH]3)o2)cc1. The molecule has 2 aromatic heterocycles. The number of ether oxygens (including phenoxy) is 1. The predicted molar refractivity (Wildman–Crippen MR) is 118 cm³/mol. The van der Waals surface area contributed by atoms with Crippen molar-refractivity contribution in [1.82, 2.24) is 9.97 Å². The van der Waals surface area contributed by atoms with Gasteiger partial charge >= 0.3 is 0 Å². The first kappa shape index (κ1) is 19.5. The van der Waals surface area contributed by atoms with Crippen LogP contribution in [0.2, 0.25) is 5.02 Å². The summed E-state index contributed by atoms with van der Waals surface area (Å²) < 4.78 is 11.2. The highest BCUT2D eigenvalue weighted by molar-refractivity contribution is 6.58. The van der Waals surface area contributed by atoms with Crippen LogP contribution in [-0.2, 0) is 0 Å². The number of nitrogens with zero attached hydrogens (tertiary/aromatic N) is 1. The lowest BCUT2D eigenvalue weighted by Gasteiger charge is -2.23. The second-order valence-corrected chi connectivity index (χ2v) is 7.15. The van der Waals surface area contributed by atoms with Crippen LogP contribution in [0.25, 0.3) is 34.2 Å². The molecule has 4 aromatic rings. The normalized spacial score (nSPS) is 11.5. The van der Waals surface area contributed by atoms with Gasteiger partial charge in [-0.05, 0) is 60.8 Å². The summed E-state index contributed by atoms with van der Waals surface area (Å²) in [5.74, 6) is 2.43. The molecule has 136 valence electrons. The van der Waals surface area contributed by atoms with E-state index in [2.05, 4.69) is 9.97 Å². The van der Waals surface area contributed by atoms with Crippen LogP contribution in [0, 0.1) is 6.92 Å². The van der Waals surface area contributed by atoms with Crippen molar-refractivity contribution in [2.75, 3.05) is 0 Å². The van der Waals surface area contributed by atoms with Gasteiger partial charge in [0.25, 0.3) is 0 Å². The van der Waals surface area contributed by atoms with Gasteiger partial charge in [-0.1, -0.05) is 23.7 Å². The van der Waals surface area contributed by atoms with Crippen LogP contribution in [0.1, 0.15) is 5.69 Å². The molecule has 0 amide bonds. The molecule has 0 saturated carbocycles. The van der Waals surface area contributed by atoms with Crippen molar-refractivity contribution in [3.8, 4) is 39.9 Å². The number of hydrogen-bond acceptors (Lipinski definition) is 3. The van der Waals surface area contributed by atoms with Crippen LogP contribution >= 0.6 is 11.6 Å². The van der Waals surface area contributed by atoms with E-state index in [1.807, 2.05) is 55.5 Å². The van der Waals surface area contributed by atoms with E-state index in [9.17, 15) is 0 Å². The Balaban J connectivity index is 1.58. The molecule has 2 heterocycles. The molecule has 0 unspecified atom stereocenters. The first-order valence-corrected chi connectivity index (χ1v) is 9.25. The highest BCUT2D eigenvalue weighted by atomic mass is 35.5. The molecule has 0 saturated heterocycles. The quantitative estimate of drug-likeness (QED) is 0.509. The van der Waals surface area contributed by atoms with Gasteiger partial charge in [-0.3, -0.25) is 0 Å². The van der Waals surface area contributed by atoms with Crippen molar-refractivity contribution in [1.29, 1.82) is 0 Å². The lowest BCUT2D eigenvalue weighted by Crippen LogP contribution is -2.37. The second kappa shape index (κ2) is 7.56. The number of halogens is 1. The summed E-state index contributed by atoms with van der Waals surface area (Å²) in [6.07, 6.45) is 0. The zero-order valence-electron chi connectivity index (χ0n) is 15.6. The summed E-state index contributed by atoms with van der Waals surface area (Å²) in [7, 11) is 16.3. The van der Waals surface area contributed by atoms with E-state index < -0.39 is 5.30 Å². The molecule has 4 nitrogen and oxygen atoms in total. The third-order valence-electron chi connectivity index (χ3n) is 4.28. The summed E-state index contributed by atoms with van der Waals surface area (Å²) in [5, 5.41) is -1.04. The van der Waals surface area contributed by atoms with Crippen molar-refractivity contribution in [2.45, 2.75) is 12.2 Å². The van der Waals surface area contributed by atoms with E-state index in [1.54, 1.807) is 12.1 Å². The van der Waals surface area contributed by atoms with E-state index in [0.717, 1.165) is 22.5 Å². The zero-order valence-corrected chi connectivity index (χ0v) is 16.4. The monoisotopic (exact) mass is 394 g/mol. The molecule has 2 aromatic carbocycles. The number of H-pyrrole nitrogens is 1. The molecular weight excluding hydrogens is 380 g/mol. The molecule has 0 fully saturated rings. The Hall–Kier alpha value is -2.79. The molecule has 0 aliphatic rings. The molecule has 6 radical (unpaired) electrons. The van der Waals surface area contributed by atoms with Gasteiger partial charge in [0.15, 0.2) is 11.6 Å². The average Bonchev–Trinajstić information content (AvgIpc) is 3.29. The Labute approximate surface area is 177 Å². The molecular formula is C21H14B3ClN2O2. The Kier molecular flexibility index (Phi) is 5.09. The molecule has 0 aliphatic heterocycles. The van der Waals surface area contributed by atoms with Crippen LogP contribution in [0.3, 0.4) is 0 Å². The number of rotatable bonds is 5. The fourth-order valence-electron chi connectivity index (χ4n) is 2.98. The summed E-state index contributed by atoms with van der Waals surface area (Å²) in [4.78, 5) is 7.96. The van der Waals surface area contributed by atoms with Gasteiger partial charge < -0.3 is 14.1 Å². The average molecular weight is 394 g/mol. The molecule has 0 aliphatic carbocycles. The Bertz CT molecular complexity index is 1130. The van der Waals surface area contributed by atoms with E-state index in [4.69, 9.17) is 44.3 Å². The van der Waals surface area contributed by atoms with E-state index in [1.165, 1.54) is 0 Å². The molecule has 0 spiro atoms. The minimum atomic E-state index is -1.72. The number of nitrogens with one attached hydrogen (secondary N) is 1. The molecule has 29 heavy (non-hydrogen) atoms. The molecule has 1 N–H and O–H groups in total. The third kappa shape index (κ3) is 4.46. The molecule has 4 rings (SSSR count). The van der Waals surface area contributed by atoms with Gasteiger partial charge in [-0.25, -0.2) is 4.98 Å². The van der Waals surface area contributed by atoms with Crippen LogP contribution in [0.15, 0.2) is 65.1 Å². The second-order valence-electron chi connectivity index (χ2n) is 6.71. The first-order chi connectivity index (χ1) is 13.8. The van der Waals surface area contributed by atoms with Crippen molar-refractivity contribution in [3.63, 3.8) is 0 Å². The summed E-state index contributed by atoms with van der Waals surface area (Å²) >= 11 is 5.97. The standard InChI is InChI=1S/C21H14B3ClN2O2/c1-12-19(14-2-6-15(25)7-3-14)27-20(26-12)18-11-10-17(28-18)13-4-8-16(9-5-13)29-21(22,23)24/h2-11H,1H3,(H,26,27). The number of aromatic amines is 1. The summed E-state index contributed by atoms with van der Waals surface area (Å²) in [5.41, 5.74) is 3.63. The number of furan rings is 1. The van der Waals surface area contributed by atoms with Gasteiger partial charge in [-0.2, -0.15) is 0 Å². The van der Waals surface area contributed by atoms with Crippen LogP contribution in [0.5, 0.6) is 5.75 Å². The maximum absolute atomic E-state index is 5.99. The number of imidazole rings is 1. The Morgan fingerprint density at radius 1 is 0.897 bits per heavy atom. The highest BCUT2D eigenvalue weighted by Crippen LogP contribution is 2.31. The first-order valence-electron chi connectivity index (χ1n) is 8.87. The smallest absolute Gasteiger partial charge is 0.174 e. The van der Waals surface area contributed by atoms with Gasteiger partial charge in [0.05, 0.1) is 5.69 Å². The van der Waals surface area contributed by atoms with E-state index in [-0.39, 0.29) is 0 Å². The van der Waals surface area contributed by atoms with Crippen molar-refractivity contribution in [2.24, 2.45) is 0 Å². The van der Waals surface area contributed by atoms with Gasteiger partial charge in [0.2, 0.25) is 0 Å².